The molecule has 2 aromatic carbocycles. The third-order valence-corrected chi connectivity index (χ3v) is 3.67. The van der Waals surface area contributed by atoms with Crippen LogP contribution in [-0.4, -0.2) is 26.1 Å². The highest BCUT2D eigenvalue weighted by molar-refractivity contribution is 9.10. The molecule has 0 saturated carbocycles. The molecule has 1 amide bonds. The Bertz CT molecular complexity index is 862. The maximum Gasteiger partial charge on any atom is 0.248 e. The predicted molar refractivity (Wildman–Crippen MR) is 85.9 cm³/mol. The number of amides is 1. The van der Waals surface area contributed by atoms with Crippen molar-refractivity contribution in [2.75, 3.05) is 5.32 Å². The molecule has 0 saturated heterocycles. The van der Waals surface area contributed by atoms with Gasteiger partial charge >= 0.3 is 0 Å². The van der Waals surface area contributed by atoms with Gasteiger partial charge in [-0.15, -0.1) is 10.2 Å². The number of hydrogen-bond acceptors (Lipinski definition) is 4. The quantitative estimate of drug-likeness (QED) is 0.739. The average molecular weight is 394 g/mol. The third kappa shape index (κ3) is 3.62. The van der Waals surface area contributed by atoms with Crippen LogP contribution in [0.4, 0.5) is 14.5 Å². The van der Waals surface area contributed by atoms with Crippen LogP contribution in [0.25, 0.3) is 11.4 Å². The summed E-state index contributed by atoms with van der Waals surface area (Å²) in [5.74, 6) is -1.83. The van der Waals surface area contributed by atoms with Crippen molar-refractivity contribution >= 4 is 27.5 Å². The van der Waals surface area contributed by atoms with Gasteiger partial charge in [0.2, 0.25) is 11.7 Å². The Morgan fingerprint density at radius 1 is 1.21 bits per heavy atom. The third-order valence-electron chi connectivity index (χ3n) is 3.04. The van der Waals surface area contributed by atoms with Gasteiger partial charge in [-0.05, 0) is 27.2 Å². The first kappa shape index (κ1) is 16.2. The zero-order valence-electron chi connectivity index (χ0n) is 12.1. The van der Waals surface area contributed by atoms with Crippen LogP contribution >= 0.6 is 15.9 Å². The molecule has 6 nitrogen and oxygen atoms in total. The van der Waals surface area contributed by atoms with E-state index in [9.17, 15) is 13.6 Å². The molecule has 122 valence electrons. The van der Waals surface area contributed by atoms with E-state index < -0.39 is 17.5 Å². The van der Waals surface area contributed by atoms with Gasteiger partial charge in [0.25, 0.3) is 0 Å². The normalized spacial score (nSPS) is 10.6. The SMILES string of the molecule is O=C(Cn1nnc(-c2ccccc2)n1)Nc1c(F)cc(F)cc1Br. The predicted octanol–water partition coefficient (Wildman–Crippen LogP) is 3.02. The molecule has 0 aliphatic carbocycles. The highest BCUT2D eigenvalue weighted by Gasteiger charge is 2.14. The average Bonchev–Trinajstić information content (AvgIpc) is 3.00. The smallest absolute Gasteiger partial charge is 0.248 e. The molecule has 9 heteroatoms. The van der Waals surface area contributed by atoms with Gasteiger partial charge in [-0.3, -0.25) is 4.79 Å². The van der Waals surface area contributed by atoms with Gasteiger partial charge < -0.3 is 5.32 Å². The van der Waals surface area contributed by atoms with E-state index >= 15 is 0 Å². The van der Waals surface area contributed by atoms with Crippen molar-refractivity contribution in [3.05, 3.63) is 58.6 Å². The minimum Gasteiger partial charge on any atom is -0.321 e. The summed E-state index contributed by atoms with van der Waals surface area (Å²) in [5.41, 5.74) is 0.612. The van der Waals surface area contributed by atoms with Gasteiger partial charge in [0.1, 0.15) is 12.4 Å². The molecule has 24 heavy (non-hydrogen) atoms. The zero-order chi connectivity index (χ0) is 17.1. The van der Waals surface area contributed by atoms with E-state index in [-0.39, 0.29) is 16.7 Å². The molecule has 3 rings (SSSR count). The number of carbonyl (C=O) groups excluding carboxylic acids is 1. The van der Waals surface area contributed by atoms with Crippen LogP contribution in [0, 0.1) is 11.6 Å². The second-order valence-corrected chi connectivity index (χ2v) is 5.66. The topological polar surface area (TPSA) is 72.7 Å². The van der Waals surface area contributed by atoms with E-state index in [2.05, 4.69) is 36.7 Å². The summed E-state index contributed by atoms with van der Waals surface area (Å²) in [6, 6.07) is 10.9. The molecular formula is C15H10BrF2N5O. The molecule has 0 aliphatic rings. The molecule has 0 fully saturated rings. The number of halogens is 3. The fourth-order valence-corrected chi connectivity index (χ4v) is 2.49. The molecule has 0 bridgehead atoms. The number of hydrogen-bond donors (Lipinski definition) is 1. The molecule has 0 atom stereocenters. The van der Waals surface area contributed by atoms with Crippen LogP contribution in [-0.2, 0) is 11.3 Å². The fraction of sp³-hybridized carbons (Fsp3) is 0.0667. The van der Waals surface area contributed by atoms with E-state index in [4.69, 9.17) is 0 Å². The van der Waals surface area contributed by atoms with E-state index in [0.29, 0.717) is 11.9 Å². The Morgan fingerprint density at radius 2 is 1.96 bits per heavy atom. The lowest BCUT2D eigenvalue weighted by Gasteiger charge is -2.08. The maximum absolute atomic E-state index is 13.7. The first-order chi connectivity index (χ1) is 11.5. The lowest BCUT2D eigenvalue weighted by molar-refractivity contribution is -0.117. The van der Waals surface area contributed by atoms with Crippen LogP contribution in [0.2, 0.25) is 0 Å². The van der Waals surface area contributed by atoms with Crippen molar-refractivity contribution in [2.45, 2.75) is 6.54 Å². The second kappa shape index (κ2) is 6.83. The molecule has 1 aromatic heterocycles. The van der Waals surface area contributed by atoms with Gasteiger partial charge in [0, 0.05) is 16.1 Å². The van der Waals surface area contributed by atoms with Gasteiger partial charge in [-0.2, -0.15) is 4.80 Å². The van der Waals surface area contributed by atoms with Crippen LogP contribution in [0.3, 0.4) is 0 Å². The summed E-state index contributed by atoms with van der Waals surface area (Å²) in [5, 5.41) is 14.1. The Morgan fingerprint density at radius 3 is 2.67 bits per heavy atom. The summed E-state index contributed by atoms with van der Waals surface area (Å²) in [6.45, 7) is -0.261. The number of nitrogens with zero attached hydrogens (tertiary/aromatic N) is 4. The van der Waals surface area contributed by atoms with Crippen molar-refractivity contribution < 1.29 is 13.6 Å². The molecule has 1 heterocycles. The Kier molecular flexibility index (Phi) is 4.61. The minimum absolute atomic E-state index is 0.102. The van der Waals surface area contributed by atoms with Crippen LogP contribution in [0.15, 0.2) is 46.9 Å². The van der Waals surface area contributed by atoms with Crippen LogP contribution in [0.1, 0.15) is 0 Å². The summed E-state index contributed by atoms with van der Waals surface area (Å²) < 4.78 is 26.8. The van der Waals surface area contributed by atoms with E-state index in [1.54, 1.807) is 0 Å². The molecule has 0 aliphatic heterocycles. The first-order valence-corrected chi connectivity index (χ1v) is 7.60. The van der Waals surface area contributed by atoms with Crippen LogP contribution in [0.5, 0.6) is 0 Å². The molecule has 0 unspecified atom stereocenters. The molecule has 1 N–H and O–H groups in total. The minimum atomic E-state index is -0.883. The Balaban J connectivity index is 1.71. The number of nitrogens with one attached hydrogen (secondary N) is 1. The Hall–Kier alpha value is -2.68. The van der Waals surface area contributed by atoms with Crippen molar-refractivity contribution in [2.24, 2.45) is 0 Å². The summed E-state index contributed by atoms with van der Waals surface area (Å²) in [6.07, 6.45) is 0. The zero-order valence-corrected chi connectivity index (χ0v) is 13.7. The van der Waals surface area contributed by atoms with E-state index in [0.717, 1.165) is 16.4 Å². The highest BCUT2D eigenvalue weighted by Crippen LogP contribution is 2.26. The second-order valence-electron chi connectivity index (χ2n) is 4.80. The van der Waals surface area contributed by atoms with Crippen molar-refractivity contribution in [3.63, 3.8) is 0 Å². The number of tetrazole rings is 1. The molecule has 0 radical (unpaired) electrons. The van der Waals surface area contributed by atoms with Crippen molar-refractivity contribution in [1.29, 1.82) is 0 Å². The standard InChI is InChI=1S/C15H10BrF2N5O/c16-11-6-10(17)7-12(18)14(11)19-13(24)8-23-21-15(20-22-23)9-4-2-1-3-5-9/h1-7H,8H2,(H,19,24). The fourth-order valence-electron chi connectivity index (χ4n) is 1.98. The molecular weight excluding hydrogens is 384 g/mol. The first-order valence-electron chi connectivity index (χ1n) is 6.80. The maximum atomic E-state index is 13.7. The van der Waals surface area contributed by atoms with Gasteiger partial charge in [-0.25, -0.2) is 8.78 Å². The number of benzene rings is 2. The van der Waals surface area contributed by atoms with Gasteiger partial charge in [0.15, 0.2) is 5.82 Å². The lowest BCUT2D eigenvalue weighted by atomic mass is 10.2. The summed E-state index contributed by atoms with van der Waals surface area (Å²) in [4.78, 5) is 13.1. The van der Waals surface area contributed by atoms with Crippen molar-refractivity contribution in [1.82, 2.24) is 20.2 Å². The molecule has 3 aromatic rings. The number of rotatable bonds is 4. The lowest BCUT2D eigenvalue weighted by Crippen LogP contribution is -2.21. The summed E-state index contributed by atoms with van der Waals surface area (Å²) in [7, 11) is 0. The number of aromatic nitrogens is 4. The number of anilines is 1. The Labute approximate surface area is 143 Å². The largest absolute Gasteiger partial charge is 0.321 e. The van der Waals surface area contributed by atoms with Gasteiger partial charge in [-0.1, -0.05) is 30.3 Å². The van der Waals surface area contributed by atoms with Gasteiger partial charge in [0.05, 0.1) is 5.69 Å². The molecule has 0 spiro atoms. The number of carbonyl (C=O) groups is 1. The highest BCUT2D eigenvalue weighted by atomic mass is 79.9. The van der Waals surface area contributed by atoms with Crippen molar-refractivity contribution in [3.8, 4) is 11.4 Å². The monoisotopic (exact) mass is 393 g/mol. The van der Waals surface area contributed by atoms with E-state index in [1.165, 1.54) is 0 Å². The van der Waals surface area contributed by atoms with E-state index in [1.807, 2.05) is 30.3 Å². The van der Waals surface area contributed by atoms with Crippen LogP contribution < -0.4 is 5.32 Å². The summed E-state index contributed by atoms with van der Waals surface area (Å²) >= 11 is 3.00.